The van der Waals surface area contributed by atoms with Gasteiger partial charge in [0.2, 0.25) is 0 Å². The number of fused-ring (bicyclic) bond motifs is 1. The van der Waals surface area contributed by atoms with E-state index in [4.69, 9.17) is 21.1 Å². The Hall–Kier alpha value is -2.98. The summed E-state index contributed by atoms with van der Waals surface area (Å²) in [5.74, 6) is -0.185. The normalized spacial score (nSPS) is 11.2. The molecule has 4 rings (SSSR count). The molecule has 0 radical (unpaired) electrons. The predicted molar refractivity (Wildman–Crippen MR) is 107 cm³/mol. The summed E-state index contributed by atoms with van der Waals surface area (Å²) in [6.45, 7) is 2.13. The van der Waals surface area contributed by atoms with Crippen molar-refractivity contribution in [2.24, 2.45) is 0 Å². The van der Waals surface area contributed by atoms with Crippen molar-refractivity contribution in [2.75, 3.05) is 0 Å². The van der Waals surface area contributed by atoms with Crippen molar-refractivity contribution in [3.63, 3.8) is 0 Å². The van der Waals surface area contributed by atoms with Crippen molar-refractivity contribution in [2.45, 2.75) is 19.8 Å². The number of aromatic amines is 1. The number of carbonyl (C=O) groups is 1. The summed E-state index contributed by atoms with van der Waals surface area (Å²) >= 11 is 6.24. The molecule has 2 aromatic carbocycles. The summed E-state index contributed by atoms with van der Waals surface area (Å²) in [6.07, 6.45) is 1.93. The summed E-state index contributed by atoms with van der Waals surface area (Å²) in [4.78, 5) is 14.3. The van der Waals surface area contributed by atoms with Gasteiger partial charge in [-0.2, -0.15) is 0 Å². The third-order valence-electron chi connectivity index (χ3n) is 4.57. The Morgan fingerprint density at radius 2 is 1.81 bits per heavy atom. The van der Waals surface area contributed by atoms with Gasteiger partial charge in [0, 0.05) is 16.1 Å². The largest absolute Gasteiger partial charge is 0.478 e. The highest BCUT2D eigenvalue weighted by Crippen LogP contribution is 2.33. The minimum atomic E-state index is -0.933. The highest BCUT2D eigenvalue weighted by molar-refractivity contribution is 6.31. The van der Waals surface area contributed by atoms with Gasteiger partial charge in [-0.25, -0.2) is 4.79 Å². The molecule has 0 bridgehead atoms. The molecule has 5 heteroatoms. The SMILES string of the molecule is CCCc1cc(Cl)cc2cc(-c3ccc(-c4ccc(C(=O)O)cc4)[nH]3)oc12. The molecule has 0 amide bonds. The van der Waals surface area contributed by atoms with Gasteiger partial charge in [-0.3, -0.25) is 0 Å². The predicted octanol–water partition coefficient (Wildman–Crippen LogP) is 6.40. The number of aromatic carboxylic acids is 1. The molecular formula is C22H18ClNO3. The topological polar surface area (TPSA) is 66.2 Å². The number of carboxylic acids is 1. The van der Waals surface area contributed by atoms with Crippen LogP contribution < -0.4 is 0 Å². The van der Waals surface area contributed by atoms with Gasteiger partial charge >= 0.3 is 5.97 Å². The summed E-state index contributed by atoms with van der Waals surface area (Å²) < 4.78 is 6.12. The van der Waals surface area contributed by atoms with Gasteiger partial charge in [0.1, 0.15) is 5.58 Å². The fourth-order valence-electron chi connectivity index (χ4n) is 3.27. The zero-order valence-electron chi connectivity index (χ0n) is 14.8. The second-order valence-electron chi connectivity index (χ2n) is 6.51. The van der Waals surface area contributed by atoms with E-state index in [1.54, 1.807) is 24.3 Å². The molecule has 2 N–H and O–H groups in total. The van der Waals surface area contributed by atoms with Crippen LogP contribution in [-0.4, -0.2) is 16.1 Å². The number of furan rings is 1. The van der Waals surface area contributed by atoms with Crippen LogP contribution in [0.25, 0.3) is 33.7 Å². The van der Waals surface area contributed by atoms with Gasteiger partial charge in [0.25, 0.3) is 0 Å². The number of nitrogens with one attached hydrogen (secondary N) is 1. The van der Waals surface area contributed by atoms with Gasteiger partial charge < -0.3 is 14.5 Å². The van der Waals surface area contributed by atoms with Crippen molar-refractivity contribution in [1.29, 1.82) is 0 Å². The molecule has 0 aliphatic heterocycles. The molecule has 2 aromatic heterocycles. The molecule has 0 atom stereocenters. The molecule has 0 saturated carbocycles. The number of hydrogen-bond acceptors (Lipinski definition) is 2. The van der Waals surface area contributed by atoms with Crippen molar-refractivity contribution in [1.82, 2.24) is 4.98 Å². The summed E-state index contributed by atoms with van der Waals surface area (Å²) in [6, 6.07) is 16.5. The number of benzene rings is 2. The first-order valence-electron chi connectivity index (χ1n) is 8.80. The number of halogens is 1. The molecule has 0 spiro atoms. The maximum atomic E-state index is 11.0. The molecule has 2 heterocycles. The fourth-order valence-corrected chi connectivity index (χ4v) is 3.52. The quantitative estimate of drug-likeness (QED) is 0.421. The monoisotopic (exact) mass is 379 g/mol. The van der Waals surface area contributed by atoms with Crippen LogP contribution in [0.15, 0.2) is 59.0 Å². The van der Waals surface area contributed by atoms with Crippen LogP contribution in [0.4, 0.5) is 0 Å². The molecule has 136 valence electrons. The first-order valence-corrected chi connectivity index (χ1v) is 9.18. The maximum Gasteiger partial charge on any atom is 0.335 e. The Labute approximate surface area is 161 Å². The number of carboxylic acid groups (broad SMARTS) is 1. The lowest BCUT2D eigenvalue weighted by Crippen LogP contribution is -1.94. The lowest BCUT2D eigenvalue weighted by atomic mass is 10.1. The zero-order valence-corrected chi connectivity index (χ0v) is 15.5. The van der Waals surface area contributed by atoms with Crippen molar-refractivity contribution in [3.8, 4) is 22.7 Å². The van der Waals surface area contributed by atoms with Crippen LogP contribution in [0.5, 0.6) is 0 Å². The molecular weight excluding hydrogens is 362 g/mol. The zero-order chi connectivity index (χ0) is 19.0. The van der Waals surface area contributed by atoms with Crippen LogP contribution in [0.1, 0.15) is 29.3 Å². The van der Waals surface area contributed by atoms with Crippen LogP contribution in [0.3, 0.4) is 0 Å². The number of rotatable bonds is 5. The standard InChI is InChI=1S/C22H18ClNO3/c1-2-3-15-10-17(23)11-16-12-20(27-21(15)16)19-9-8-18(24-19)13-4-6-14(7-5-13)22(25)26/h4-12,24H,2-3H2,1H3,(H,25,26). The Balaban J connectivity index is 1.70. The smallest absolute Gasteiger partial charge is 0.335 e. The number of hydrogen-bond donors (Lipinski definition) is 2. The van der Waals surface area contributed by atoms with Gasteiger partial charge in [-0.05, 0) is 60.0 Å². The van der Waals surface area contributed by atoms with E-state index in [0.717, 1.165) is 52.1 Å². The third-order valence-corrected chi connectivity index (χ3v) is 4.79. The fraction of sp³-hybridized carbons (Fsp3) is 0.136. The van der Waals surface area contributed by atoms with Gasteiger partial charge in [0.15, 0.2) is 5.76 Å². The lowest BCUT2D eigenvalue weighted by molar-refractivity contribution is 0.0697. The van der Waals surface area contributed by atoms with E-state index in [9.17, 15) is 4.79 Å². The van der Waals surface area contributed by atoms with Crippen LogP contribution in [-0.2, 0) is 6.42 Å². The molecule has 4 nitrogen and oxygen atoms in total. The second kappa shape index (κ2) is 6.97. The Morgan fingerprint density at radius 3 is 2.52 bits per heavy atom. The Bertz CT molecular complexity index is 1120. The average molecular weight is 380 g/mol. The van der Waals surface area contributed by atoms with E-state index in [1.165, 1.54) is 0 Å². The third kappa shape index (κ3) is 3.36. The minimum absolute atomic E-state index is 0.267. The van der Waals surface area contributed by atoms with Crippen LogP contribution in [0, 0.1) is 0 Å². The number of aryl methyl sites for hydroxylation is 1. The van der Waals surface area contributed by atoms with Crippen molar-refractivity contribution >= 4 is 28.5 Å². The number of aromatic nitrogens is 1. The Kier molecular flexibility index (Phi) is 4.50. The molecule has 4 aromatic rings. The molecule has 0 aliphatic rings. The van der Waals surface area contributed by atoms with E-state index in [-0.39, 0.29) is 5.56 Å². The lowest BCUT2D eigenvalue weighted by Gasteiger charge is -2.01. The molecule has 0 fully saturated rings. The molecule has 27 heavy (non-hydrogen) atoms. The van der Waals surface area contributed by atoms with Crippen LogP contribution in [0.2, 0.25) is 5.02 Å². The minimum Gasteiger partial charge on any atom is -0.478 e. The first-order chi connectivity index (χ1) is 13.0. The molecule has 0 unspecified atom stereocenters. The van der Waals surface area contributed by atoms with E-state index in [1.807, 2.05) is 30.3 Å². The highest BCUT2D eigenvalue weighted by Gasteiger charge is 2.13. The van der Waals surface area contributed by atoms with Gasteiger partial charge in [0.05, 0.1) is 11.3 Å². The highest BCUT2D eigenvalue weighted by atomic mass is 35.5. The Morgan fingerprint density at radius 1 is 1.07 bits per heavy atom. The van der Waals surface area contributed by atoms with E-state index in [2.05, 4.69) is 11.9 Å². The maximum absolute atomic E-state index is 11.0. The van der Waals surface area contributed by atoms with Crippen LogP contribution >= 0.6 is 11.6 Å². The first kappa shape index (κ1) is 17.4. The summed E-state index contributed by atoms with van der Waals surface area (Å²) in [5, 5.41) is 10.7. The van der Waals surface area contributed by atoms with Gasteiger partial charge in [-0.15, -0.1) is 0 Å². The van der Waals surface area contributed by atoms with Gasteiger partial charge in [-0.1, -0.05) is 37.1 Å². The molecule has 0 aliphatic carbocycles. The summed E-state index contributed by atoms with van der Waals surface area (Å²) in [5.41, 5.74) is 4.93. The van der Waals surface area contributed by atoms with Crippen molar-refractivity contribution in [3.05, 3.63) is 70.7 Å². The summed E-state index contributed by atoms with van der Waals surface area (Å²) in [7, 11) is 0. The molecule has 0 saturated heterocycles. The second-order valence-corrected chi connectivity index (χ2v) is 6.95. The van der Waals surface area contributed by atoms with Crippen molar-refractivity contribution < 1.29 is 14.3 Å². The van der Waals surface area contributed by atoms with E-state index >= 15 is 0 Å². The van der Waals surface area contributed by atoms with E-state index in [0.29, 0.717) is 5.02 Å². The average Bonchev–Trinajstić information content (AvgIpc) is 3.29. The van der Waals surface area contributed by atoms with E-state index < -0.39 is 5.97 Å². The number of H-pyrrole nitrogens is 1.